The number of ether oxygens (including phenoxy) is 1. The molecule has 3 heterocycles. The van der Waals surface area contributed by atoms with Crippen LogP contribution in [-0.2, 0) is 14.9 Å². The normalized spacial score (nSPS) is 22.8. The van der Waals surface area contributed by atoms with Crippen LogP contribution in [0.4, 0.5) is 5.82 Å². The number of nitrogens with one attached hydrogen (secondary N) is 1. The predicted octanol–water partition coefficient (Wildman–Crippen LogP) is 3.22. The van der Waals surface area contributed by atoms with E-state index in [0.717, 1.165) is 56.3 Å². The zero-order valence-corrected chi connectivity index (χ0v) is 17.1. The minimum atomic E-state index is -0.0939. The fraction of sp³-hybridized carbons (Fsp3) is 0.545. The fourth-order valence-corrected chi connectivity index (χ4v) is 4.12. The van der Waals surface area contributed by atoms with Gasteiger partial charge in [0.15, 0.2) is 0 Å². The summed E-state index contributed by atoms with van der Waals surface area (Å²) in [5.41, 5.74) is 2.07. The third-order valence-electron chi connectivity index (χ3n) is 5.82. The monoisotopic (exact) mass is 382 g/mol. The topological polar surface area (TPSA) is 59.4 Å². The maximum atomic E-state index is 12.8. The van der Waals surface area contributed by atoms with Gasteiger partial charge in [-0.3, -0.25) is 9.69 Å². The van der Waals surface area contributed by atoms with E-state index in [-0.39, 0.29) is 16.7 Å². The Bertz CT molecular complexity index is 832. The molecule has 1 aromatic heterocycles. The van der Waals surface area contributed by atoms with E-state index in [1.807, 2.05) is 41.1 Å². The quantitative estimate of drug-likeness (QED) is 0.882. The summed E-state index contributed by atoms with van der Waals surface area (Å²) in [5.74, 6) is 0.729. The van der Waals surface area contributed by atoms with E-state index in [0.29, 0.717) is 6.54 Å². The van der Waals surface area contributed by atoms with Crippen molar-refractivity contribution in [2.75, 3.05) is 38.2 Å². The van der Waals surface area contributed by atoms with Crippen molar-refractivity contribution in [1.29, 1.82) is 0 Å². The molecule has 1 spiro atoms. The number of rotatable bonds is 4. The van der Waals surface area contributed by atoms with Crippen LogP contribution in [0.5, 0.6) is 0 Å². The van der Waals surface area contributed by atoms with Gasteiger partial charge in [-0.05, 0) is 31.5 Å². The van der Waals surface area contributed by atoms with Crippen molar-refractivity contribution in [3.63, 3.8) is 0 Å². The van der Waals surface area contributed by atoms with Crippen LogP contribution in [0, 0.1) is 5.41 Å². The van der Waals surface area contributed by atoms with Crippen molar-refractivity contribution in [2.45, 2.75) is 39.0 Å². The molecule has 0 radical (unpaired) electrons. The molecule has 1 aromatic carbocycles. The molecule has 6 nitrogen and oxygen atoms in total. The van der Waals surface area contributed by atoms with Gasteiger partial charge < -0.3 is 10.1 Å². The first-order valence-electron chi connectivity index (χ1n) is 10.1. The van der Waals surface area contributed by atoms with Gasteiger partial charge in [0, 0.05) is 30.0 Å². The number of para-hydroxylation sites is 1. The number of aromatic nitrogens is 2. The van der Waals surface area contributed by atoms with Crippen LogP contribution in [-0.4, -0.2) is 53.4 Å². The Kier molecular flexibility index (Phi) is 5.02. The fourth-order valence-electron chi connectivity index (χ4n) is 4.12. The number of nitrogens with zero attached hydrogens (tertiary/aromatic N) is 3. The Morgan fingerprint density at radius 3 is 2.71 bits per heavy atom. The van der Waals surface area contributed by atoms with E-state index >= 15 is 0 Å². The first-order valence-corrected chi connectivity index (χ1v) is 10.1. The molecule has 2 aliphatic rings. The maximum Gasteiger partial charge on any atom is 0.239 e. The van der Waals surface area contributed by atoms with Gasteiger partial charge in [0.25, 0.3) is 0 Å². The molecule has 2 fully saturated rings. The van der Waals surface area contributed by atoms with Gasteiger partial charge >= 0.3 is 0 Å². The summed E-state index contributed by atoms with van der Waals surface area (Å²) in [7, 11) is 0. The molecule has 1 N–H and O–H groups in total. The average Bonchev–Trinajstić information content (AvgIpc) is 3.37. The molecule has 1 amide bonds. The lowest BCUT2D eigenvalue weighted by molar-refractivity contribution is -0.117. The molecule has 6 heteroatoms. The first kappa shape index (κ1) is 19.2. The van der Waals surface area contributed by atoms with E-state index in [4.69, 9.17) is 9.84 Å². The van der Waals surface area contributed by atoms with E-state index in [1.54, 1.807) is 0 Å². The molecule has 4 rings (SSSR count). The van der Waals surface area contributed by atoms with Crippen LogP contribution < -0.4 is 5.32 Å². The Balaban J connectivity index is 1.49. The van der Waals surface area contributed by atoms with Crippen molar-refractivity contribution >= 4 is 11.7 Å². The third-order valence-corrected chi connectivity index (χ3v) is 5.82. The highest BCUT2D eigenvalue weighted by molar-refractivity contribution is 5.91. The summed E-state index contributed by atoms with van der Waals surface area (Å²) in [4.78, 5) is 15.0. The van der Waals surface area contributed by atoms with Crippen LogP contribution in [0.15, 0.2) is 36.4 Å². The van der Waals surface area contributed by atoms with E-state index in [2.05, 4.69) is 31.0 Å². The second-order valence-electron chi connectivity index (χ2n) is 9.22. The van der Waals surface area contributed by atoms with Crippen molar-refractivity contribution < 1.29 is 9.53 Å². The second kappa shape index (κ2) is 7.33. The molecule has 1 unspecified atom stereocenters. The average molecular weight is 383 g/mol. The molecule has 150 valence electrons. The predicted molar refractivity (Wildman–Crippen MR) is 110 cm³/mol. The number of carbonyl (C=O) groups is 1. The Morgan fingerprint density at radius 1 is 1.25 bits per heavy atom. The molecule has 0 bridgehead atoms. The second-order valence-corrected chi connectivity index (χ2v) is 9.22. The lowest BCUT2D eigenvalue weighted by atomic mass is 9.87. The van der Waals surface area contributed by atoms with Gasteiger partial charge in [-0.25, -0.2) is 4.68 Å². The number of likely N-dealkylation sites (tertiary alicyclic amines) is 1. The molecule has 0 aliphatic carbocycles. The van der Waals surface area contributed by atoms with E-state index in [1.165, 1.54) is 0 Å². The molecule has 0 saturated carbocycles. The number of carbonyl (C=O) groups excluding carboxylic acids is 1. The number of anilines is 1. The number of benzene rings is 1. The number of amides is 1. The molecular weight excluding hydrogens is 352 g/mol. The largest absolute Gasteiger partial charge is 0.381 e. The van der Waals surface area contributed by atoms with Gasteiger partial charge in [0.05, 0.1) is 24.5 Å². The summed E-state index contributed by atoms with van der Waals surface area (Å²) in [6.07, 6.45) is 2.23. The Hall–Kier alpha value is -2.18. The molecule has 28 heavy (non-hydrogen) atoms. The van der Waals surface area contributed by atoms with E-state index < -0.39 is 0 Å². The number of hydrogen-bond donors (Lipinski definition) is 1. The van der Waals surface area contributed by atoms with Crippen LogP contribution in [0.2, 0.25) is 0 Å². The third kappa shape index (κ3) is 3.98. The first-order chi connectivity index (χ1) is 13.3. The smallest absolute Gasteiger partial charge is 0.239 e. The van der Waals surface area contributed by atoms with Gasteiger partial charge in [-0.2, -0.15) is 5.10 Å². The minimum absolute atomic E-state index is 0.00788. The SMILES string of the molecule is CC(C)(C)c1cc(NC(=O)CN2CCC3(CCOC3)C2)n(-c2ccccc2)n1. The highest BCUT2D eigenvalue weighted by atomic mass is 16.5. The maximum absolute atomic E-state index is 12.8. The minimum Gasteiger partial charge on any atom is -0.381 e. The highest BCUT2D eigenvalue weighted by Gasteiger charge is 2.41. The van der Waals surface area contributed by atoms with Gasteiger partial charge in [-0.15, -0.1) is 0 Å². The Labute approximate surface area is 166 Å². The van der Waals surface area contributed by atoms with Gasteiger partial charge in [-0.1, -0.05) is 39.0 Å². The lowest BCUT2D eigenvalue weighted by Crippen LogP contribution is -2.34. The lowest BCUT2D eigenvalue weighted by Gasteiger charge is -2.21. The molecule has 2 aliphatic heterocycles. The number of hydrogen-bond acceptors (Lipinski definition) is 4. The van der Waals surface area contributed by atoms with Crippen molar-refractivity contribution in [1.82, 2.24) is 14.7 Å². The summed E-state index contributed by atoms with van der Waals surface area (Å²) < 4.78 is 7.42. The van der Waals surface area contributed by atoms with Crippen molar-refractivity contribution in [3.05, 3.63) is 42.1 Å². The summed E-state index contributed by atoms with van der Waals surface area (Å²) >= 11 is 0. The van der Waals surface area contributed by atoms with E-state index in [9.17, 15) is 4.79 Å². The molecule has 2 aromatic rings. The van der Waals surface area contributed by atoms with Crippen LogP contribution in [0.1, 0.15) is 39.3 Å². The van der Waals surface area contributed by atoms with Crippen molar-refractivity contribution in [2.24, 2.45) is 5.41 Å². The highest BCUT2D eigenvalue weighted by Crippen LogP contribution is 2.38. The van der Waals surface area contributed by atoms with Gasteiger partial charge in [0.1, 0.15) is 5.82 Å². The Morgan fingerprint density at radius 2 is 2.04 bits per heavy atom. The molecule has 2 saturated heterocycles. The van der Waals surface area contributed by atoms with Gasteiger partial charge in [0.2, 0.25) is 5.91 Å². The summed E-state index contributed by atoms with van der Waals surface area (Å²) in [5, 5.41) is 7.86. The zero-order chi connectivity index (χ0) is 19.8. The van der Waals surface area contributed by atoms with Crippen LogP contribution in [0.25, 0.3) is 5.69 Å². The summed E-state index contributed by atoms with van der Waals surface area (Å²) in [6.45, 7) is 10.4. The zero-order valence-electron chi connectivity index (χ0n) is 17.1. The summed E-state index contributed by atoms with van der Waals surface area (Å²) in [6, 6.07) is 11.9. The van der Waals surface area contributed by atoms with Crippen molar-refractivity contribution in [3.8, 4) is 5.69 Å². The van der Waals surface area contributed by atoms with Crippen LogP contribution >= 0.6 is 0 Å². The molecular formula is C22H30N4O2. The standard InChI is InChI=1S/C22H30N4O2/c1-21(2,3)18-13-19(26(24-18)17-7-5-4-6-8-17)23-20(27)14-25-11-9-22(15-25)10-12-28-16-22/h4-8,13H,9-12,14-16H2,1-3H3,(H,23,27). The molecule has 1 atom stereocenters. The van der Waals surface area contributed by atoms with Crippen LogP contribution in [0.3, 0.4) is 0 Å².